The van der Waals surface area contributed by atoms with E-state index in [-0.39, 0.29) is 0 Å². The first-order valence-electron chi connectivity index (χ1n) is 4.61. The maximum atomic E-state index is 4.44. The summed E-state index contributed by atoms with van der Waals surface area (Å²) in [5.74, 6) is 1.33. The van der Waals surface area contributed by atoms with Crippen molar-refractivity contribution in [3.05, 3.63) is 0 Å². The Labute approximate surface area is 70.9 Å². The van der Waals surface area contributed by atoms with Crippen molar-refractivity contribution < 1.29 is 0 Å². The first kappa shape index (κ1) is 10.7. The van der Waals surface area contributed by atoms with Crippen molar-refractivity contribution in [2.24, 2.45) is 16.8 Å². The van der Waals surface area contributed by atoms with Gasteiger partial charge >= 0.3 is 0 Å². The molecule has 0 saturated heterocycles. The van der Waals surface area contributed by atoms with E-state index in [0.717, 1.165) is 6.42 Å². The van der Waals surface area contributed by atoms with Crippen molar-refractivity contribution in [3.8, 4) is 0 Å². The van der Waals surface area contributed by atoms with Crippen LogP contribution in [0.3, 0.4) is 0 Å². The van der Waals surface area contributed by atoms with Gasteiger partial charge in [0.1, 0.15) is 0 Å². The molecule has 0 saturated carbocycles. The monoisotopic (exact) mass is 155 g/mol. The van der Waals surface area contributed by atoms with Gasteiger partial charge in [-0.1, -0.05) is 27.7 Å². The van der Waals surface area contributed by atoms with Gasteiger partial charge in [-0.2, -0.15) is 0 Å². The maximum Gasteiger partial charge on any atom is 0.0465 e. The lowest BCUT2D eigenvalue weighted by Crippen LogP contribution is -2.07. The lowest BCUT2D eigenvalue weighted by Gasteiger charge is -2.10. The summed E-state index contributed by atoms with van der Waals surface area (Å²) in [5, 5.41) is 0. The van der Waals surface area contributed by atoms with Crippen molar-refractivity contribution in [3.63, 3.8) is 0 Å². The van der Waals surface area contributed by atoms with Crippen LogP contribution >= 0.6 is 0 Å². The van der Waals surface area contributed by atoms with Crippen LogP contribution in [0.1, 0.15) is 41.0 Å². The minimum Gasteiger partial charge on any atom is -0.294 e. The van der Waals surface area contributed by atoms with E-state index in [1.54, 1.807) is 0 Å². The largest absolute Gasteiger partial charge is 0.294 e. The van der Waals surface area contributed by atoms with Crippen LogP contribution in [-0.2, 0) is 0 Å². The number of nitrogens with zero attached hydrogens (tertiary/aromatic N) is 1. The zero-order valence-corrected chi connectivity index (χ0v) is 8.46. The van der Waals surface area contributed by atoms with Gasteiger partial charge in [-0.3, -0.25) is 4.99 Å². The van der Waals surface area contributed by atoms with E-state index in [1.165, 1.54) is 0 Å². The second-order valence-electron chi connectivity index (χ2n) is 3.66. The molecule has 0 radical (unpaired) electrons. The van der Waals surface area contributed by atoms with Crippen LogP contribution in [0.5, 0.6) is 0 Å². The Kier molecular flexibility index (Phi) is 5.18. The molecule has 2 atom stereocenters. The predicted molar refractivity (Wildman–Crippen MR) is 52.2 cm³/mol. The highest BCUT2D eigenvalue weighted by atomic mass is 14.7. The third-order valence-electron chi connectivity index (χ3n) is 2.22. The van der Waals surface area contributed by atoms with Gasteiger partial charge in [-0.05, 0) is 25.2 Å². The van der Waals surface area contributed by atoms with E-state index >= 15 is 0 Å². The zero-order valence-electron chi connectivity index (χ0n) is 8.46. The molecular formula is C10H21N. The van der Waals surface area contributed by atoms with E-state index in [9.17, 15) is 0 Å². The number of aliphatic imine (C=N–C) groups is 1. The molecule has 66 valence electrons. The van der Waals surface area contributed by atoms with Gasteiger partial charge in [-0.15, -0.1) is 0 Å². The zero-order chi connectivity index (χ0) is 8.85. The number of hydrogen-bond acceptors (Lipinski definition) is 1. The van der Waals surface area contributed by atoms with Gasteiger partial charge in [0, 0.05) is 12.3 Å². The van der Waals surface area contributed by atoms with Crippen molar-refractivity contribution in [2.75, 3.05) is 0 Å². The fourth-order valence-electron chi connectivity index (χ4n) is 0.560. The Balaban J connectivity index is 3.72. The summed E-state index contributed by atoms with van der Waals surface area (Å²) in [4.78, 5) is 4.44. The molecule has 0 N–H and O–H groups in total. The Morgan fingerprint density at radius 2 is 1.73 bits per heavy atom. The Bertz CT molecular complexity index is 116. The van der Waals surface area contributed by atoms with Crippen molar-refractivity contribution in [1.29, 1.82) is 0 Å². The van der Waals surface area contributed by atoms with Crippen LogP contribution in [0.25, 0.3) is 0 Å². The Morgan fingerprint density at radius 3 is 2.09 bits per heavy atom. The molecule has 0 spiro atoms. The van der Waals surface area contributed by atoms with Gasteiger partial charge in [0.2, 0.25) is 0 Å². The quantitative estimate of drug-likeness (QED) is 0.553. The molecule has 1 heteroatoms. The SMILES string of the molecule is CCC(C)/N=C\[C@@H](C)C(C)C. The fourth-order valence-corrected chi connectivity index (χ4v) is 0.560. The summed E-state index contributed by atoms with van der Waals surface area (Å²) in [6.45, 7) is 11.0. The van der Waals surface area contributed by atoms with E-state index < -0.39 is 0 Å². The standard InChI is InChI=1S/C10H21N/c1-6-10(5)11-7-9(4)8(2)3/h7-10H,6H2,1-5H3/b11-7-/t9-,10?/m1/s1. The first-order chi connectivity index (χ1) is 5.07. The van der Waals surface area contributed by atoms with Crippen LogP contribution in [0.15, 0.2) is 4.99 Å². The molecule has 0 aromatic carbocycles. The minimum atomic E-state index is 0.496. The molecule has 1 nitrogen and oxygen atoms in total. The molecule has 0 aromatic rings. The molecule has 0 aromatic heterocycles. The minimum absolute atomic E-state index is 0.496. The molecule has 0 aliphatic rings. The second kappa shape index (κ2) is 5.34. The molecular weight excluding hydrogens is 134 g/mol. The predicted octanol–water partition coefficient (Wildman–Crippen LogP) is 3.15. The molecule has 0 amide bonds. The summed E-state index contributed by atoms with van der Waals surface area (Å²) in [7, 11) is 0. The molecule has 0 heterocycles. The van der Waals surface area contributed by atoms with Crippen LogP contribution in [-0.4, -0.2) is 12.3 Å². The van der Waals surface area contributed by atoms with Crippen LogP contribution < -0.4 is 0 Å². The third-order valence-corrected chi connectivity index (χ3v) is 2.22. The average molecular weight is 155 g/mol. The maximum absolute atomic E-state index is 4.44. The van der Waals surface area contributed by atoms with Gasteiger partial charge in [0.05, 0.1) is 0 Å². The lowest BCUT2D eigenvalue weighted by molar-refractivity contribution is 0.536. The van der Waals surface area contributed by atoms with Gasteiger partial charge in [0.15, 0.2) is 0 Å². The summed E-state index contributed by atoms with van der Waals surface area (Å²) in [5.41, 5.74) is 0. The van der Waals surface area contributed by atoms with Crippen molar-refractivity contribution in [2.45, 2.75) is 47.1 Å². The highest BCUT2D eigenvalue weighted by Gasteiger charge is 2.02. The molecule has 11 heavy (non-hydrogen) atoms. The highest BCUT2D eigenvalue weighted by molar-refractivity contribution is 5.60. The molecule has 1 unspecified atom stereocenters. The number of hydrogen-bond donors (Lipinski definition) is 0. The van der Waals surface area contributed by atoms with Crippen molar-refractivity contribution in [1.82, 2.24) is 0 Å². The second-order valence-corrected chi connectivity index (χ2v) is 3.66. The van der Waals surface area contributed by atoms with Crippen LogP contribution in [0, 0.1) is 11.8 Å². The highest BCUT2D eigenvalue weighted by Crippen LogP contribution is 2.07. The molecule has 0 aliphatic heterocycles. The smallest absolute Gasteiger partial charge is 0.0465 e. The van der Waals surface area contributed by atoms with E-state index in [4.69, 9.17) is 0 Å². The van der Waals surface area contributed by atoms with Gasteiger partial charge in [0.25, 0.3) is 0 Å². The van der Waals surface area contributed by atoms with Gasteiger partial charge < -0.3 is 0 Å². The molecule has 0 aliphatic carbocycles. The van der Waals surface area contributed by atoms with Crippen LogP contribution in [0.4, 0.5) is 0 Å². The molecule has 0 rings (SSSR count). The lowest BCUT2D eigenvalue weighted by atomic mass is 10.00. The third kappa shape index (κ3) is 5.00. The van der Waals surface area contributed by atoms with Gasteiger partial charge in [-0.25, -0.2) is 0 Å². The fraction of sp³-hybridized carbons (Fsp3) is 0.900. The summed E-state index contributed by atoms with van der Waals surface area (Å²) in [6, 6.07) is 0.496. The normalized spacial score (nSPS) is 17.6. The topological polar surface area (TPSA) is 12.4 Å². The Morgan fingerprint density at radius 1 is 1.18 bits per heavy atom. The first-order valence-corrected chi connectivity index (χ1v) is 4.61. The summed E-state index contributed by atoms with van der Waals surface area (Å²) in [6.07, 6.45) is 3.24. The molecule has 0 fully saturated rings. The number of rotatable bonds is 4. The van der Waals surface area contributed by atoms with Crippen LogP contribution in [0.2, 0.25) is 0 Å². The van der Waals surface area contributed by atoms with Crippen molar-refractivity contribution >= 4 is 6.21 Å². The van der Waals surface area contributed by atoms with E-state index in [0.29, 0.717) is 17.9 Å². The summed E-state index contributed by atoms with van der Waals surface area (Å²) >= 11 is 0. The average Bonchev–Trinajstić information content (AvgIpc) is 1.99. The summed E-state index contributed by atoms with van der Waals surface area (Å²) < 4.78 is 0. The van der Waals surface area contributed by atoms with E-state index in [2.05, 4.69) is 45.8 Å². The van der Waals surface area contributed by atoms with E-state index in [1.807, 2.05) is 0 Å². The Hall–Kier alpha value is -0.330. The molecule has 0 bridgehead atoms.